The summed E-state index contributed by atoms with van der Waals surface area (Å²) in [4.78, 5) is 19.4. The highest BCUT2D eigenvalue weighted by atomic mass is 16.6. The van der Waals surface area contributed by atoms with E-state index < -0.39 is 5.60 Å². The maximum absolute atomic E-state index is 12.3. The predicted octanol–water partition coefficient (Wildman–Crippen LogP) is 3.21. The first kappa shape index (κ1) is 21.8. The predicted molar refractivity (Wildman–Crippen MR) is 112 cm³/mol. The molecule has 3 aliphatic rings. The minimum atomic E-state index is -0.419. The van der Waals surface area contributed by atoms with Gasteiger partial charge in [-0.3, -0.25) is 4.90 Å². The van der Waals surface area contributed by atoms with E-state index >= 15 is 0 Å². The van der Waals surface area contributed by atoms with Crippen LogP contribution in [0.3, 0.4) is 0 Å². The summed E-state index contributed by atoms with van der Waals surface area (Å²) in [6.45, 7) is 15.0. The molecule has 1 amide bonds. The van der Waals surface area contributed by atoms with E-state index in [9.17, 15) is 4.79 Å². The Balaban J connectivity index is 1.30. The van der Waals surface area contributed by atoms with Gasteiger partial charge in [-0.15, -0.1) is 0 Å². The summed E-state index contributed by atoms with van der Waals surface area (Å²) in [5.41, 5.74) is -0.419. The van der Waals surface area contributed by atoms with Crippen molar-refractivity contribution >= 4 is 6.09 Å². The van der Waals surface area contributed by atoms with Crippen molar-refractivity contribution in [2.75, 3.05) is 59.0 Å². The molecule has 0 saturated carbocycles. The Hall–Kier alpha value is -0.850. The second kappa shape index (κ2) is 10.3. The lowest BCUT2D eigenvalue weighted by molar-refractivity contribution is -0.0194. The molecule has 3 saturated heterocycles. The number of ether oxygens (including phenoxy) is 2. The number of nitrogens with zero attached hydrogens (tertiary/aromatic N) is 3. The van der Waals surface area contributed by atoms with E-state index in [2.05, 4.69) is 9.80 Å². The summed E-state index contributed by atoms with van der Waals surface area (Å²) in [6, 6.07) is 0.483. The Kier molecular flexibility index (Phi) is 8.01. The molecule has 162 valence electrons. The van der Waals surface area contributed by atoms with Gasteiger partial charge in [0, 0.05) is 45.4 Å². The van der Waals surface area contributed by atoms with Gasteiger partial charge in [0.1, 0.15) is 5.60 Å². The van der Waals surface area contributed by atoms with E-state index in [0.717, 1.165) is 52.2 Å². The van der Waals surface area contributed by atoms with Gasteiger partial charge in [0.05, 0.1) is 6.61 Å². The summed E-state index contributed by atoms with van der Waals surface area (Å²) in [7, 11) is 0. The van der Waals surface area contributed by atoms with Crippen molar-refractivity contribution in [3.63, 3.8) is 0 Å². The zero-order chi connectivity index (χ0) is 20.0. The Morgan fingerprint density at radius 1 is 1.00 bits per heavy atom. The van der Waals surface area contributed by atoms with Crippen molar-refractivity contribution < 1.29 is 14.3 Å². The number of carbonyl (C=O) groups excluding carboxylic acids is 1. The molecule has 2 atom stereocenters. The van der Waals surface area contributed by atoms with Crippen LogP contribution in [0.5, 0.6) is 0 Å². The molecule has 0 bridgehead atoms. The van der Waals surface area contributed by atoms with E-state index in [1.165, 1.54) is 45.3 Å². The van der Waals surface area contributed by atoms with Crippen LogP contribution in [-0.4, -0.2) is 91.5 Å². The van der Waals surface area contributed by atoms with Gasteiger partial charge in [-0.05, 0) is 71.9 Å². The average molecular weight is 396 g/mol. The maximum Gasteiger partial charge on any atom is 0.410 e. The zero-order valence-electron chi connectivity index (χ0n) is 18.3. The van der Waals surface area contributed by atoms with Crippen molar-refractivity contribution in [3.8, 4) is 0 Å². The maximum atomic E-state index is 12.3. The number of likely N-dealkylation sites (tertiary alicyclic amines) is 1. The third kappa shape index (κ3) is 6.89. The average Bonchev–Trinajstić information content (AvgIpc) is 2.66. The molecular weight excluding hydrogens is 354 g/mol. The number of piperidine rings is 2. The van der Waals surface area contributed by atoms with Gasteiger partial charge in [-0.2, -0.15) is 0 Å². The van der Waals surface area contributed by atoms with Crippen molar-refractivity contribution in [2.24, 2.45) is 5.92 Å². The van der Waals surface area contributed by atoms with E-state index in [1.807, 2.05) is 25.7 Å². The Bertz CT molecular complexity index is 488. The van der Waals surface area contributed by atoms with Crippen LogP contribution in [0.15, 0.2) is 0 Å². The molecule has 0 spiro atoms. The summed E-state index contributed by atoms with van der Waals surface area (Å²) in [6.07, 6.45) is 7.49. The molecule has 0 unspecified atom stereocenters. The molecule has 6 heteroatoms. The van der Waals surface area contributed by atoms with Gasteiger partial charge in [0.15, 0.2) is 0 Å². The minimum absolute atomic E-state index is 0.161. The smallest absolute Gasteiger partial charge is 0.410 e. The third-order valence-electron chi connectivity index (χ3n) is 6.22. The van der Waals surface area contributed by atoms with E-state index in [-0.39, 0.29) is 6.09 Å². The fourth-order valence-corrected chi connectivity index (χ4v) is 4.71. The third-order valence-corrected chi connectivity index (χ3v) is 6.22. The molecule has 0 aromatic heterocycles. The van der Waals surface area contributed by atoms with Crippen molar-refractivity contribution in [1.29, 1.82) is 0 Å². The fraction of sp³-hybridized carbons (Fsp3) is 0.955. The summed E-state index contributed by atoms with van der Waals surface area (Å²) < 4.78 is 11.6. The van der Waals surface area contributed by atoms with E-state index in [0.29, 0.717) is 12.0 Å². The lowest BCUT2D eigenvalue weighted by Crippen LogP contribution is -2.58. The van der Waals surface area contributed by atoms with Gasteiger partial charge < -0.3 is 19.3 Å². The van der Waals surface area contributed by atoms with Crippen molar-refractivity contribution in [3.05, 3.63) is 0 Å². The number of hydrogen-bond acceptors (Lipinski definition) is 5. The summed E-state index contributed by atoms with van der Waals surface area (Å²) >= 11 is 0. The number of carbonyl (C=O) groups is 1. The fourth-order valence-electron chi connectivity index (χ4n) is 4.71. The molecule has 0 aromatic carbocycles. The number of hydrogen-bond donors (Lipinski definition) is 0. The summed E-state index contributed by atoms with van der Waals surface area (Å²) in [5.74, 6) is 0.638. The molecule has 3 rings (SSSR count). The van der Waals surface area contributed by atoms with Crippen LogP contribution in [0, 0.1) is 5.92 Å². The van der Waals surface area contributed by atoms with Crippen LogP contribution < -0.4 is 0 Å². The van der Waals surface area contributed by atoms with Crippen molar-refractivity contribution in [2.45, 2.75) is 70.9 Å². The first-order chi connectivity index (χ1) is 13.4. The molecule has 0 aliphatic carbocycles. The van der Waals surface area contributed by atoms with Crippen LogP contribution in [0.25, 0.3) is 0 Å². The largest absolute Gasteiger partial charge is 0.444 e. The normalized spacial score (nSPS) is 27.5. The number of piperazine rings is 1. The Morgan fingerprint density at radius 2 is 1.79 bits per heavy atom. The van der Waals surface area contributed by atoms with Crippen LogP contribution in [0.1, 0.15) is 59.3 Å². The molecule has 3 aliphatic heterocycles. The molecule has 28 heavy (non-hydrogen) atoms. The highest BCUT2D eigenvalue weighted by molar-refractivity contribution is 5.68. The van der Waals surface area contributed by atoms with Crippen LogP contribution in [0.2, 0.25) is 0 Å². The SMILES string of the molecule is CC(C)(C)OC(=O)N1CCN2C[C@H](COCCCN3CCCCC3)CC[C@@H]2C1. The number of fused-ring (bicyclic) bond motifs is 1. The Morgan fingerprint density at radius 3 is 2.54 bits per heavy atom. The topological polar surface area (TPSA) is 45.3 Å². The lowest BCUT2D eigenvalue weighted by Gasteiger charge is -2.46. The van der Waals surface area contributed by atoms with Gasteiger partial charge >= 0.3 is 6.09 Å². The van der Waals surface area contributed by atoms with Gasteiger partial charge in [0.2, 0.25) is 0 Å². The van der Waals surface area contributed by atoms with Crippen LogP contribution in [0.4, 0.5) is 4.79 Å². The number of rotatable bonds is 6. The highest BCUT2D eigenvalue weighted by Gasteiger charge is 2.35. The van der Waals surface area contributed by atoms with Crippen LogP contribution >= 0.6 is 0 Å². The molecule has 6 nitrogen and oxygen atoms in total. The second-order valence-electron chi connectivity index (χ2n) is 9.85. The molecule has 0 N–H and O–H groups in total. The second-order valence-corrected chi connectivity index (χ2v) is 9.85. The standard InChI is InChI=1S/C22H41N3O3/c1-22(2,3)28-21(26)25-14-13-24-16-19(8-9-20(24)17-25)18-27-15-7-12-23-10-5-4-6-11-23/h19-20H,4-18H2,1-3H3/t19-,20-/m1/s1. The van der Waals surface area contributed by atoms with Crippen molar-refractivity contribution in [1.82, 2.24) is 14.7 Å². The van der Waals surface area contributed by atoms with Gasteiger partial charge in [-0.25, -0.2) is 4.79 Å². The molecule has 0 aromatic rings. The first-order valence-electron chi connectivity index (χ1n) is 11.4. The summed E-state index contributed by atoms with van der Waals surface area (Å²) in [5, 5.41) is 0. The zero-order valence-corrected chi connectivity index (χ0v) is 18.3. The molecule has 0 radical (unpaired) electrons. The molecular formula is C22H41N3O3. The monoisotopic (exact) mass is 395 g/mol. The van der Waals surface area contributed by atoms with E-state index in [4.69, 9.17) is 9.47 Å². The Labute approximate surface area is 171 Å². The molecule has 3 fully saturated rings. The number of amides is 1. The first-order valence-corrected chi connectivity index (χ1v) is 11.4. The highest BCUT2D eigenvalue weighted by Crippen LogP contribution is 2.26. The molecule has 3 heterocycles. The lowest BCUT2D eigenvalue weighted by atomic mass is 9.91. The van der Waals surface area contributed by atoms with Gasteiger partial charge in [-0.1, -0.05) is 6.42 Å². The van der Waals surface area contributed by atoms with Gasteiger partial charge in [0.25, 0.3) is 0 Å². The van der Waals surface area contributed by atoms with Crippen LogP contribution in [-0.2, 0) is 9.47 Å². The van der Waals surface area contributed by atoms with E-state index in [1.54, 1.807) is 0 Å². The quantitative estimate of drug-likeness (QED) is 0.646. The minimum Gasteiger partial charge on any atom is -0.444 e.